The monoisotopic (exact) mass is 306 g/mol. The van der Waals surface area contributed by atoms with Crippen LogP contribution in [0.1, 0.15) is 26.2 Å². The molecule has 0 saturated heterocycles. The fraction of sp³-hybridized carbons (Fsp3) is 0.500. The van der Waals surface area contributed by atoms with Crippen LogP contribution in [0.4, 0.5) is 0 Å². The Hall–Kier alpha value is -1.49. The van der Waals surface area contributed by atoms with Crippen LogP contribution in [0.5, 0.6) is 5.75 Å². The van der Waals surface area contributed by atoms with E-state index < -0.39 is 16.1 Å². The Bertz CT molecular complexity index is 614. The first-order valence-electron chi connectivity index (χ1n) is 7.12. The Balaban J connectivity index is 1.98. The molecule has 0 heterocycles. The molecular weight excluding hydrogens is 288 g/mol. The van der Waals surface area contributed by atoms with Gasteiger partial charge < -0.3 is 9.84 Å². The van der Waals surface area contributed by atoms with Gasteiger partial charge in [-0.1, -0.05) is 13.0 Å². The lowest BCUT2D eigenvalue weighted by Gasteiger charge is -2.20. The summed E-state index contributed by atoms with van der Waals surface area (Å²) in [6, 6.07) is 7.48. The van der Waals surface area contributed by atoms with E-state index in [1.54, 1.807) is 7.11 Å². The molecule has 2 aliphatic rings. The third-order valence-electron chi connectivity index (χ3n) is 5.00. The molecule has 0 spiro atoms. The molecule has 0 bridgehead atoms. The summed E-state index contributed by atoms with van der Waals surface area (Å²) in [5.41, 5.74) is -0.893. The molecule has 1 aromatic rings. The van der Waals surface area contributed by atoms with Crippen LogP contribution in [-0.4, -0.2) is 28.7 Å². The van der Waals surface area contributed by atoms with Gasteiger partial charge in [-0.25, -0.2) is 0 Å². The normalized spacial score (nSPS) is 33.6. The van der Waals surface area contributed by atoms with E-state index in [-0.39, 0.29) is 11.7 Å². The van der Waals surface area contributed by atoms with E-state index in [4.69, 9.17) is 4.74 Å². The number of carbonyl (C=O) groups excluding carboxylic acids is 1. The lowest BCUT2D eigenvalue weighted by atomic mass is 9.92. The van der Waals surface area contributed by atoms with Crippen molar-refractivity contribution in [2.24, 2.45) is 11.3 Å². The highest BCUT2D eigenvalue weighted by molar-refractivity contribution is 8.02. The van der Waals surface area contributed by atoms with Gasteiger partial charge in [0.05, 0.1) is 17.3 Å². The molecule has 3 rings (SSSR count). The molecule has 0 amide bonds. The standard InChI is InChI=1S/C16H18O4S/c1-3-15(14(18)19)12-7-8-13(17)16(12,15)21-11-6-4-5-10(9-11)20-2/h4-6,9,12H,3,7-8H2,1-2H3,(H,18,19). The van der Waals surface area contributed by atoms with Gasteiger partial charge >= 0.3 is 5.97 Å². The summed E-state index contributed by atoms with van der Waals surface area (Å²) in [4.78, 5) is 25.2. The van der Waals surface area contributed by atoms with Gasteiger partial charge in [-0.15, -0.1) is 11.8 Å². The smallest absolute Gasteiger partial charge is 0.311 e. The minimum atomic E-state index is -0.893. The van der Waals surface area contributed by atoms with E-state index >= 15 is 0 Å². The SMILES string of the molecule is CCC1(C(=O)O)C2CCC(=O)C21Sc1cccc(OC)c1. The number of Topliss-reactive ketones (excluding diaryl/α,β-unsaturated/α-hetero) is 1. The average Bonchev–Trinajstić information content (AvgIpc) is 2.93. The van der Waals surface area contributed by atoms with Crippen molar-refractivity contribution in [1.82, 2.24) is 0 Å². The molecule has 4 nitrogen and oxygen atoms in total. The number of ether oxygens (including phenoxy) is 1. The molecule has 21 heavy (non-hydrogen) atoms. The maximum atomic E-state index is 12.5. The average molecular weight is 306 g/mol. The zero-order chi connectivity index (χ0) is 15.3. The van der Waals surface area contributed by atoms with E-state index in [1.807, 2.05) is 31.2 Å². The van der Waals surface area contributed by atoms with E-state index in [1.165, 1.54) is 11.8 Å². The molecule has 1 N–H and O–H groups in total. The van der Waals surface area contributed by atoms with Crippen molar-refractivity contribution in [3.63, 3.8) is 0 Å². The van der Waals surface area contributed by atoms with Crippen LogP contribution in [0.15, 0.2) is 29.2 Å². The summed E-state index contributed by atoms with van der Waals surface area (Å²) in [7, 11) is 1.59. The number of carboxylic acids is 1. The zero-order valence-corrected chi connectivity index (χ0v) is 12.9. The van der Waals surface area contributed by atoms with E-state index in [9.17, 15) is 14.7 Å². The van der Waals surface area contributed by atoms with Crippen molar-refractivity contribution in [2.75, 3.05) is 7.11 Å². The predicted molar refractivity (Wildman–Crippen MR) is 79.7 cm³/mol. The van der Waals surface area contributed by atoms with E-state index in [2.05, 4.69) is 0 Å². The molecule has 112 valence electrons. The minimum Gasteiger partial charge on any atom is -0.497 e. The first-order chi connectivity index (χ1) is 10.0. The number of methoxy groups -OCH3 is 1. The summed E-state index contributed by atoms with van der Waals surface area (Å²) in [5.74, 6) is -0.0734. The summed E-state index contributed by atoms with van der Waals surface area (Å²) < 4.78 is 4.43. The number of aliphatic carboxylic acids is 1. The molecule has 2 aliphatic carbocycles. The quantitative estimate of drug-likeness (QED) is 0.906. The molecule has 3 unspecified atom stereocenters. The van der Waals surface area contributed by atoms with Crippen molar-refractivity contribution >= 4 is 23.5 Å². The van der Waals surface area contributed by atoms with E-state index in [0.29, 0.717) is 19.3 Å². The molecule has 2 saturated carbocycles. The molecule has 5 heteroatoms. The lowest BCUT2D eigenvalue weighted by molar-refractivity contribution is -0.146. The van der Waals surface area contributed by atoms with Crippen molar-refractivity contribution in [2.45, 2.75) is 35.8 Å². The molecule has 0 aromatic heterocycles. The van der Waals surface area contributed by atoms with Gasteiger partial charge in [0, 0.05) is 17.2 Å². The van der Waals surface area contributed by atoms with Crippen molar-refractivity contribution in [3.05, 3.63) is 24.3 Å². The number of fused-ring (bicyclic) bond motifs is 1. The van der Waals surface area contributed by atoms with Crippen LogP contribution in [0.2, 0.25) is 0 Å². The first-order valence-corrected chi connectivity index (χ1v) is 7.94. The van der Waals surface area contributed by atoms with Crippen LogP contribution >= 0.6 is 11.8 Å². The van der Waals surface area contributed by atoms with Crippen LogP contribution in [0, 0.1) is 11.3 Å². The second-order valence-electron chi connectivity index (χ2n) is 5.66. The number of hydrogen-bond acceptors (Lipinski definition) is 4. The largest absolute Gasteiger partial charge is 0.497 e. The number of hydrogen-bond donors (Lipinski definition) is 1. The number of rotatable bonds is 5. The summed E-state index contributed by atoms with van der Waals surface area (Å²) in [6.45, 7) is 1.87. The molecule has 0 aliphatic heterocycles. The lowest BCUT2D eigenvalue weighted by Crippen LogP contribution is -2.32. The fourth-order valence-corrected chi connectivity index (χ4v) is 5.85. The highest BCUT2D eigenvalue weighted by Gasteiger charge is 2.85. The van der Waals surface area contributed by atoms with Crippen LogP contribution in [0.25, 0.3) is 0 Å². The van der Waals surface area contributed by atoms with Crippen LogP contribution in [-0.2, 0) is 9.59 Å². The van der Waals surface area contributed by atoms with Crippen molar-refractivity contribution in [3.8, 4) is 5.75 Å². The van der Waals surface area contributed by atoms with Gasteiger partial charge in [0.25, 0.3) is 0 Å². The Morgan fingerprint density at radius 2 is 2.29 bits per heavy atom. The number of thioether (sulfide) groups is 1. The number of benzene rings is 1. The predicted octanol–water partition coefficient (Wildman–Crippen LogP) is 3.00. The van der Waals surface area contributed by atoms with E-state index in [0.717, 1.165) is 10.6 Å². The van der Waals surface area contributed by atoms with Gasteiger partial charge in [0.15, 0.2) is 5.78 Å². The Kier molecular flexibility index (Phi) is 3.28. The van der Waals surface area contributed by atoms with Crippen LogP contribution < -0.4 is 4.74 Å². The molecule has 0 radical (unpaired) electrons. The summed E-state index contributed by atoms with van der Waals surface area (Å²) in [6.07, 6.45) is 1.68. The number of ketones is 1. The van der Waals surface area contributed by atoms with Crippen molar-refractivity contribution < 1.29 is 19.4 Å². The fourth-order valence-electron chi connectivity index (χ4n) is 3.98. The Labute approximate surface area is 127 Å². The maximum absolute atomic E-state index is 12.5. The van der Waals surface area contributed by atoms with Gasteiger partial charge in [0.1, 0.15) is 5.75 Å². The topological polar surface area (TPSA) is 63.6 Å². The third-order valence-corrected chi connectivity index (χ3v) is 6.69. The first kappa shape index (κ1) is 14.4. The van der Waals surface area contributed by atoms with Gasteiger partial charge in [-0.3, -0.25) is 9.59 Å². The zero-order valence-electron chi connectivity index (χ0n) is 12.1. The van der Waals surface area contributed by atoms with Gasteiger partial charge in [-0.05, 0) is 31.0 Å². The summed E-state index contributed by atoms with van der Waals surface area (Å²) >= 11 is 1.41. The number of carbonyl (C=O) groups is 2. The van der Waals surface area contributed by atoms with Crippen LogP contribution in [0.3, 0.4) is 0 Å². The summed E-state index contributed by atoms with van der Waals surface area (Å²) in [5, 5.41) is 9.68. The van der Waals surface area contributed by atoms with Gasteiger partial charge in [0.2, 0.25) is 0 Å². The Morgan fingerprint density at radius 3 is 2.86 bits per heavy atom. The molecule has 3 atom stereocenters. The van der Waals surface area contributed by atoms with Crippen molar-refractivity contribution in [1.29, 1.82) is 0 Å². The maximum Gasteiger partial charge on any atom is 0.311 e. The minimum absolute atomic E-state index is 0.0452. The second-order valence-corrected chi connectivity index (χ2v) is 6.98. The molecule has 1 aromatic carbocycles. The molecular formula is C16H18O4S. The Morgan fingerprint density at radius 1 is 1.52 bits per heavy atom. The third kappa shape index (κ3) is 1.70. The number of carboxylic acid groups (broad SMARTS) is 1. The molecule has 2 fully saturated rings. The van der Waals surface area contributed by atoms with Gasteiger partial charge in [-0.2, -0.15) is 0 Å². The highest BCUT2D eigenvalue weighted by atomic mass is 32.2. The highest BCUT2D eigenvalue weighted by Crippen LogP contribution is 2.77. The second kappa shape index (κ2) is 4.77.